The molecular formula is C19H17IN2O3. The summed E-state index contributed by atoms with van der Waals surface area (Å²) in [5, 5.41) is 12.0. The van der Waals surface area contributed by atoms with Crippen LogP contribution in [0.15, 0.2) is 48.0 Å². The molecule has 2 rings (SSSR count). The van der Waals surface area contributed by atoms with Crippen LogP contribution < -0.4 is 14.8 Å². The number of nitriles is 1. The number of benzene rings is 2. The first-order valence-corrected chi connectivity index (χ1v) is 8.64. The molecule has 0 radical (unpaired) electrons. The number of hydrogen-bond donors (Lipinski definition) is 1. The summed E-state index contributed by atoms with van der Waals surface area (Å²) in [6.07, 6.45) is 1.55. The summed E-state index contributed by atoms with van der Waals surface area (Å²) < 4.78 is 11.5. The molecule has 2 aromatic rings. The summed E-state index contributed by atoms with van der Waals surface area (Å²) in [5.41, 5.74) is 1.37. The van der Waals surface area contributed by atoms with Gasteiger partial charge >= 0.3 is 0 Å². The molecule has 2 aromatic carbocycles. The van der Waals surface area contributed by atoms with Crippen LogP contribution in [0.1, 0.15) is 12.5 Å². The van der Waals surface area contributed by atoms with E-state index in [4.69, 9.17) is 9.47 Å². The van der Waals surface area contributed by atoms with Gasteiger partial charge in [-0.1, -0.05) is 6.07 Å². The lowest BCUT2D eigenvalue weighted by Crippen LogP contribution is -2.13. The predicted octanol–water partition coefficient (Wildman–Crippen LogP) is 4.24. The number of anilines is 1. The number of rotatable bonds is 6. The molecule has 0 saturated carbocycles. The third-order valence-electron chi connectivity index (χ3n) is 3.28. The molecule has 0 unspecified atom stereocenters. The van der Waals surface area contributed by atoms with Crippen LogP contribution in [0.2, 0.25) is 0 Å². The van der Waals surface area contributed by atoms with E-state index in [0.29, 0.717) is 18.0 Å². The van der Waals surface area contributed by atoms with E-state index in [1.54, 1.807) is 37.5 Å². The van der Waals surface area contributed by atoms with Crippen molar-refractivity contribution in [1.82, 2.24) is 0 Å². The van der Waals surface area contributed by atoms with Crippen LogP contribution in [-0.4, -0.2) is 19.6 Å². The topological polar surface area (TPSA) is 71.3 Å². The summed E-state index contributed by atoms with van der Waals surface area (Å²) in [7, 11) is 1.57. The Morgan fingerprint density at radius 2 is 2.00 bits per heavy atom. The van der Waals surface area contributed by atoms with Gasteiger partial charge in [0.15, 0.2) is 0 Å². The van der Waals surface area contributed by atoms with E-state index in [0.717, 1.165) is 14.9 Å². The first-order chi connectivity index (χ1) is 12.1. The molecule has 1 amide bonds. The van der Waals surface area contributed by atoms with Crippen LogP contribution in [0.25, 0.3) is 6.08 Å². The lowest BCUT2D eigenvalue weighted by Gasteiger charge is -2.07. The molecule has 5 nitrogen and oxygen atoms in total. The van der Waals surface area contributed by atoms with Gasteiger partial charge in [0.05, 0.1) is 17.3 Å². The van der Waals surface area contributed by atoms with E-state index in [9.17, 15) is 10.1 Å². The van der Waals surface area contributed by atoms with Gasteiger partial charge in [-0.05, 0) is 77.6 Å². The lowest BCUT2D eigenvalue weighted by molar-refractivity contribution is -0.112. The highest BCUT2D eigenvalue weighted by Gasteiger charge is 2.10. The van der Waals surface area contributed by atoms with Gasteiger partial charge in [0.2, 0.25) is 0 Å². The zero-order valence-electron chi connectivity index (χ0n) is 13.9. The third-order valence-corrected chi connectivity index (χ3v) is 4.12. The number of hydrogen-bond acceptors (Lipinski definition) is 4. The van der Waals surface area contributed by atoms with E-state index in [2.05, 4.69) is 27.9 Å². The number of nitrogens with zero attached hydrogens (tertiary/aromatic N) is 1. The fraction of sp³-hybridized carbons (Fsp3) is 0.158. The molecule has 6 heteroatoms. The minimum absolute atomic E-state index is 0.0239. The monoisotopic (exact) mass is 448 g/mol. The van der Waals surface area contributed by atoms with Gasteiger partial charge < -0.3 is 14.8 Å². The van der Waals surface area contributed by atoms with E-state index < -0.39 is 5.91 Å². The summed E-state index contributed by atoms with van der Waals surface area (Å²) in [6, 6.07) is 14.3. The summed E-state index contributed by atoms with van der Waals surface area (Å²) >= 11 is 2.16. The summed E-state index contributed by atoms with van der Waals surface area (Å²) in [5.74, 6) is 1.01. The van der Waals surface area contributed by atoms with Crippen molar-refractivity contribution in [3.05, 3.63) is 57.2 Å². The van der Waals surface area contributed by atoms with Crippen molar-refractivity contribution >= 4 is 40.3 Å². The maximum Gasteiger partial charge on any atom is 0.266 e. The van der Waals surface area contributed by atoms with Crippen molar-refractivity contribution in [1.29, 1.82) is 5.26 Å². The van der Waals surface area contributed by atoms with Gasteiger partial charge in [-0.25, -0.2) is 0 Å². The molecule has 1 N–H and O–H groups in total. The highest BCUT2D eigenvalue weighted by atomic mass is 127. The Balaban J connectivity index is 2.17. The molecule has 0 heterocycles. The van der Waals surface area contributed by atoms with Crippen molar-refractivity contribution in [2.24, 2.45) is 0 Å². The molecule has 0 atom stereocenters. The van der Waals surface area contributed by atoms with Crippen molar-refractivity contribution in [2.75, 3.05) is 19.0 Å². The average Bonchev–Trinajstić information content (AvgIpc) is 2.62. The molecule has 0 aromatic heterocycles. The van der Waals surface area contributed by atoms with E-state index in [1.807, 2.05) is 31.2 Å². The molecule has 0 aliphatic heterocycles. The Morgan fingerprint density at radius 3 is 2.56 bits per heavy atom. The number of nitrogens with one attached hydrogen (secondary N) is 1. The first-order valence-electron chi connectivity index (χ1n) is 7.57. The molecule has 0 fully saturated rings. The number of carbonyl (C=O) groups is 1. The van der Waals surface area contributed by atoms with Crippen molar-refractivity contribution in [3.63, 3.8) is 0 Å². The van der Waals surface area contributed by atoms with Gasteiger partial charge in [0.1, 0.15) is 23.1 Å². The van der Waals surface area contributed by atoms with E-state index in [1.165, 1.54) is 0 Å². The summed E-state index contributed by atoms with van der Waals surface area (Å²) in [6.45, 7) is 2.50. The van der Waals surface area contributed by atoms with Gasteiger partial charge in [-0.15, -0.1) is 0 Å². The zero-order chi connectivity index (χ0) is 18.2. The lowest BCUT2D eigenvalue weighted by atomic mass is 10.1. The number of carbonyl (C=O) groups excluding carboxylic acids is 1. The third kappa shape index (κ3) is 5.22. The second-order valence-corrected chi connectivity index (χ2v) is 6.14. The highest BCUT2D eigenvalue weighted by molar-refractivity contribution is 14.1. The number of ether oxygens (including phenoxy) is 2. The molecule has 0 aliphatic carbocycles. The molecule has 128 valence electrons. The Morgan fingerprint density at radius 1 is 1.28 bits per heavy atom. The van der Waals surface area contributed by atoms with Gasteiger partial charge in [-0.2, -0.15) is 5.26 Å². The van der Waals surface area contributed by atoms with Gasteiger partial charge in [-0.3, -0.25) is 4.79 Å². The number of halogens is 1. The Labute approximate surface area is 160 Å². The van der Waals surface area contributed by atoms with Crippen molar-refractivity contribution < 1.29 is 14.3 Å². The van der Waals surface area contributed by atoms with Crippen LogP contribution in [-0.2, 0) is 4.79 Å². The Bertz CT molecular complexity index is 824. The fourth-order valence-electron chi connectivity index (χ4n) is 2.07. The van der Waals surface area contributed by atoms with Crippen LogP contribution in [0, 0.1) is 14.9 Å². The molecule has 0 bridgehead atoms. The largest absolute Gasteiger partial charge is 0.497 e. The smallest absolute Gasteiger partial charge is 0.266 e. The quantitative estimate of drug-likeness (QED) is 0.408. The second kappa shape index (κ2) is 9.08. The molecule has 25 heavy (non-hydrogen) atoms. The highest BCUT2D eigenvalue weighted by Crippen LogP contribution is 2.23. The SMILES string of the molecule is CCOc1ccc(/C=C(/C#N)C(=O)Nc2ccc(OC)cc2)cc1I. The van der Waals surface area contributed by atoms with Crippen LogP contribution in [0.3, 0.4) is 0 Å². The maximum absolute atomic E-state index is 12.3. The van der Waals surface area contributed by atoms with Crippen LogP contribution in [0.5, 0.6) is 11.5 Å². The Kier molecular flexibility index (Phi) is 6.83. The Hall–Kier alpha value is -2.53. The standard InChI is InChI=1S/C19H17IN2O3/c1-3-25-18-9-4-13(11-17(18)20)10-14(12-21)19(23)22-15-5-7-16(24-2)8-6-15/h4-11H,3H2,1-2H3,(H,22,23)/b14-10-. The maximum atomic E-state index is 12.3. The normalized spacial score (nSPS) is 10.7. The fourth-order valence-corrected chi connectivity index (χ4v) is 2.76. The van der Waals surface area contributed by atoms with Crippen molar-refractivity contribution in [3.8, 4) is 17.6 Å². The number of methoxy groups -OCH3 is 1. The minimum Gasteiger partial charge on any atom is -0.497 e. The predicted molar refractivity (Wildman–Crippen MR) is 106 cm³/mol. The van der Waals surface area contributed by atoms with Crippen LogP contribution >= 0.6 is 22.6 Å². The average molecular weight is 448 g/mol. The first kappa shape index (κ1) is 18.8. The molecular weight excluding hydrogens is 431 g/mol. The molecule has 0 saturated heterocycles. The van der Waals surface area contributed by atoms with Crippen molar-refractivity contribution in [2.45, 2.75) is 6.92 Å². The molecule has 0 spiro atoms. The molecule has 0 aliphatic rings. The van der Waals surface area contributed by atoms with Gasteiger partial charge in [0.25, 0.3) is 5.91 Å². The zero-order valence-corrected chi connectivity index (χ0v) is 16.0. The second-order valence-electron chi connectivity index (χ2n) is 4.98. The van der Waals surface area contributed by atoms with E-state index >= 15 is 0 Å². The van der Waals surface area contributed by atoms with Crippen LogP contribution in [0.4, 0.5) is 5.69 Å². The van der Waals surface area contributed by atoms with Gasteiger partial charge in [0, 0.05) is 5.69 Å². The minimum atomic E-state index is -0.462. The van der Waals surface area contributed by atoms with E-state index in [-0.39, 0.29) is 5.57 Å². The number of amides is 1. The summed E-state index contributed by atoms with van der Waals surface area (Å²) in [4.78, 5) is 12.3.